The lowest BCUT2D eigenvalue weighted by atomic mass is 10.3. The van der Waals surface area contributed by atoms with Gasteiger partial charge in [-0.1, -0.05) is 12.1 Å². The van der Waals surface area contributed by atoms with Crippen molar-refractivity contribution < 1.29 is 9.18 Å². The van der Waals surface area contributed by atoms with Crippen LogP contribution < -0.4 is 5.32 Å². The molecule has 0 spiro atoms. The van der Waals surface area contributed by atoms with Gasteiger partial charge in [0.2, 0.25) is 5.91 Å². The van der Waals surface area contributed by atoms with Gasteiger partial charge in [-0.2, -0.15) is 0 Å². The largest absolute Gasteiger partial charge is 0.351 e. The number of halogens is 1. The van der Waals surface area contributed by atoms with Gasteiger partial charge in [0.15, 0.2) is 0 Å². The Balaban J connectivity index is 1.69. The number of nitrogens with zero attached hydrogens (tertiary/aromatic N) is 1. The number of hydrogen-bond donors (Lipinski definition) is 1. The van der Waals surface area contributed by atoms with Crippen LogP contribution in [0.15, 0.2) is 35.4 Å². The van der Waals surface area contributed by atoms with Crippen LogP contribution in [-0.2, 0) is 11.3 Å². The highest BCUT2D eigenvalue weighted by atomic mass is 32.2. The topological polar surface area (TPSA) is 42.0 Å². The van der Waals surface area contributed by atoms with Gasteiger partial charge in [-0.05, 0) is 19.1 Å². The summed E-state index contributed by atoms with van der Waals surface area (Å²) in [5.74, 6) is 0.298. The number of amides is 1. The van der Waals surface area contributed by atoms with E-state index >= 15 is 0 Å². The molecular formula is C14H15FN2OS2. The molecule has 0 aliphatic heterocycles. The van der Waals surface area contributed by atoms with Gasteiger partial charge < -0.3 is 5.32 Å². The van der Waals surface area contributed by atoms with Crippen molar-refractivity contribution in [1.29, 1.82) is 0 Å². The molecule has 0 unspecified atom stereocenters. The van der Waals surface area contributed by atoms with Crippen LogP contribution in [0.2, 0.25) is 0 Å². The summed E-state index contributed by atoms with van der Waals surface area (Å²) in [6, 6.07) is 6.59. The second-order valence-electron chi connectivity index (χ2n) is 4.15. The predicted octanol–water partition coefficient (Wildman–Crippen LogP) is 3.39. The summed E-state index contributed by atoms with van der Waals surface area (Å²) in [6.07, 6.45) is 2.14. The highest BCUT2D eigenvalue weighted by Crippen LogP contribution is 2.21. The Bertz CT molecular complexity index is 586. The molecule has 1 aromatic carbocycles. The summed E-state index contributed by atoms with van der Waals surface area (Å²) >= 11 is 2.93. The molecule has 3 nitrogen and oxygen atoms in total. The van der Waals surface area contributed by atoms with Crippen LogP contribution in [0.4, 0.5) is 4.39 Å². The van der Waals surface area contributed by atoms with Crippen LogP contribution >= 0.6 is 23.1 Å². The number of thioether (sulfide) groups is 1. The van der Waals surface area contributed by atoms with Crippen molar-refractivity contribution in [3.05, 3.63) is 46.2 Å². The van der Waals surface area contributed by atoms with Gasteiger partial charge in [0.1, 0.15) is 5.82 Å². The highest BCUT2D eigenvalue weighted by molar-refractivity contribution is 7.99. The number of aromatic nitrogens is 1. The zero-order valence-corrected chi connectivity index (χ0v) is 12.7. The molecule has 0 aliphatic rings. The summed E-state index contributed by atoms with van der Waals surface area (Å²) < 4.78 is 13.4. The monoisotopic (exact) mass is 310 g/mol. The van der Waals surface area contributed by atoms with Crippen molar-refractivity contribution in [2.45, 2.75) is 24.8 Å². The number of rotatable bonds is 6. The van der Waals surface area contributed by atoms with E-state index in [1.807, 2.05) is 6.92 Å². The van der Waals surface area contributed by atoms with Gasteiger partial charge >= 0.3 is 0 Å². The Morgan fingerprint density at radius 3 is 2.95 bits per heavy atom. The van der Waals surface area contributed by atoms with E-state index in [1.54, 1.807) is 35.7 Å². The minimum Gasteiger partial charge on any atom is -0.351 e. The summed E-state index contributed by atoms with van der Waals surface area (Å²) in [5, 5.41) is 3.83. The minimum absolute atomic E-state index is 0.0279. The number of thiazole rings is 1. The van der Waals surface area contributed by atoms with Crippen LogP contribution in [-0.4, -0.2) is 16.6 Å². The molecule has 0 fully saturated rings. The van der Waals surface area contributed by atoms with Crippen LogP contribution in [0, 0.1) is 12.7 Å². The van der Waals surface area contributed by atoms with Crippen LogP contribution in [0.1, 0.15) is 16.3 Å². The molecule has 1 amide bonds. The molecule has 2 rings (SSSR count). The van der Waals surface area contributed by atoms with Gasteiger partial charge in [0.25, 0.3) is 0 Å². The number of aryl methyl sites for hydroxylation is 1. The second kappa shape index (κ2) is 7.40. The average molecular weight is 310 g/mol. The molecule has 0 saturated carbocycles. The first-order valence-corrected chi connectivity index (χ1v) is 8.00. The third kappa shape index (κ3) is 4.61. The molecule has 0 radical (unpaired) electrons. The molecule has 1 aromatic heterocycles. The first kappa shape index (κ1) is 15.0. The first-order chi connectivity index (χ1) is 9.65. The van der Waals surface area contributed by atoms with E-state index in [-0.39, 0.29) is 11.7 Å². The van der Waals surface area contributed by atoms with Crippen LogP contribution in [0.5, 0.6) is 0 Å². The van der Waals surface area contributed by atoms with Gasteiger partial charge in [-0.25, -0.2) is 9.37 Å². The summed E-state index contributed by atoms with van der Waals surface area (Å²) in [7, 11) is 0. The number of benzene rings is 1. The lowest BCUT2D eigenvalue weighted by molar-refractivity contribution is -0.120. The zero-order chi connectivity index (χ0) is 14.4. The van der Waals surface area contributed by atoms with Gasteiger partial charge in [0, 0.05) is 28.1 Å². The standard InChI is InChI=1S/C14H15FN2OS2/c1-10-16-8-11(20-10)9-17-14(18)6-7-19-13-5-3-2-4-12(13)15/h2-5,8H,6-7,9H2,1H3,(H,17,18). The minimum atomic E-state index is -0.238. The number of hydrogen-bond acceptors (Lipinski definition) is 4. The second-order valence-corrected chi connectivity index (χ2v) is 6.61. The molecule has 1 heterocycles. The van der Waals surface area contributed by atoms with Crippen molar-refractivity contribution in [2.24, 2.45) is 0 Å². The SMILES string of the molecule is Cc1ncc(CNC(=O)CCSc2ccccc2F)s1. The Kier molecular flexibility index (Phi) is 5.55. The lowest BCUT2D eigenvalue weighted by Gasteiger charge is -2.04. The Labute approximate surface area is 125 Å². The maximum atomic E-state index is 13.4. The van der Waals surface area contributed by atoms with Crippen molar-refractivity contribution in [3.8, 4) is 0 Å². The molecule has 0 bridgehead atoms. The van der Waals surface area contributed by atoms with E-state index in [0.717, 1.165) is 9.88 Å². The first-order valence-electron chi connectivity index (χ1n) is 6.20. The zero-order valence-electron chi connectivity index (χ0n) is 11.1. The van der Waals surface area contributed by atoms with Gasteiger partial charge in [0.05, 0.1) is 11.6 Å². The van der Waals surface area contributed by atoms with Crippen molar-refractivity contribution in [1.82, 2.24) is 10.3 Å². The molecular weight excluding hydrogens is 295 g/mol. The van der Waals surface area contributed by atoms with E-state index in [0.29, 0.717) is 23.6 Å². The normalized spacial score (nSPS) is 10.5. The summed E-state index contributed by atoms with van der Waals surface area (Å²) in [6.45, 7) is 2.44. The van der Waals surface area contributed by atoms with E-state index in [4.69, 9.17) is 0 Å². The van der Waals surface area contributed by atoms with Crippen molar-refractivity contribution in [3.63, 3.8) is 0 Å². The van der Waals surface area contributed by atoms with Crippen molar-refractivity contribution >= 4 is 29.0 Å². The molecule has 0 saturated heterocycles. The number of carbonyl (C=O) groups excluding carboxylic acids is 1. The predicted molar refractivity (Wildman–Crippen MR) is 80.4 cm³/mol. The lowest BCUT2D eigenvalue weighted by Crippen LogP contribution is -2.22. The quantitative estimate of drug-likeness (QED) is 0.832. The molecule has 6 heteroatoms. The Morgan fingerprint density at radius 1 is 1.45 bits per heavy atom. The molecule has 20 heavy (non-hydrogen) atoms. The molecule has 106 valence electrons. The highest BCUT2D eigenvalue weighted by Gasteiger charge is 2.05. The smallest absolute Gasteiger partial charge is 0.221 e. The van der Waals surface area contributed by atoms with Crippen LogP contribution in [0.25, 0.3) is 0 Å². The van der Waals surface area contributed by atoms with Gasteiger partial charge in [-0.15, -0.1) is 23.1 Å². The number of nitrogens with one attached hydrogen (secondary N) is 1. The van der Waals surface area contributed by atoms with Crippen LogP contribution in [0.3, 0.4) is 0 Å². The molecule has 0 atom stereocenters. The fraction of sp³-hybridized carbons (Fsp3) is 0.286. The molecule has 1 N–H and O–H groups in total. The van der Waals surface area contributed by atoms with E-state index in [1.165, 1.54) is 17.8 Å². The maximum absolute atomic E-state index is 13.4. The molecule has 0 aliphatic carbocycles. The fourth-order valence-electron chi connectivity index (χ4n) is 1.58. The van der Waals surface area contributed by atoms with E-state index in [2.05, 4.69) is 10.3 Å². The fourth-order valence-corrected chi connectivity index (χ4v) is 3.20. The number of carbonyl (C=O) groups is 1. The Hall–Kier alpha value is -1.40. The third-order valence-electron chi connectivity index (χ3n) is 2.55. The Morgan fingerprint density at radius 2 is 2.25 bits per heavy atom. The average Bonchev–Trinajstić information content (AvgIpc) is 2.84. The van der Waals surface area contributed by atoms with E-state index in [9.17, 15) is 9.18 Å². The van der Waals surface area contributed by atoms with Crippen molar-refractivity contribution in [2.75, 3.05) is 5.75 Å². The molecule has 2 aromatic rings. The third-order valence-corrected chi connectivity index (χ3v) is 4.52. The van der Waals surface area contributed by atoms with E-state index < -0.39 is 0 Å². The van der Waals surface area contributed by atoms with Gasteiger partial charge in [-0.3, -0.25) is 4.79 Å². The maximum Gasteiger partial charge on any atom is 0.221 e. The summed E-state index contributed by atoms with van der Waals surface area (Å²) in [4.78, 5) is 17.4. The summed E-state index contributed by atoms with van der Waals surface area (Å²) in [5.41, 5.74) is 0.